The number of hydrogen-bond donors (Lipinski definition) is 1. The molecule has 0 unspecified atom stereocenters. The van der Waals surface area contributed by atoms with Crippen LogP contribution >= 0.6 is 0 Å². The van der Waals surface area contributed by atoms with Gasteiger partial charge in [0.1, 0.15) is 18.6 Å². The van der Waals surface area contributed by atoms with E-state index in [1.165, 1.54) is 11.1 Å². The topological polar surface area (TPSA) is 68.0 Å². The molecule has 2 aromatic rings. The number of piperidine rings is 1. The largest absolute Gasteiger partial charge is 0.493 e. The van der Waals surface area contributed by atoms with Crippen LogP contribution in [0.1, 0.15) is 56.5 Å². The molecule has 0 amide bonds. The third-order valence-electron chi connectivity index (χ3n) is 6.11. The van der Waals surface area contributed by atoms with Gasteiger partial charge in [-0.15, -0.1) is 0 Å². The second kappa shape index (κ2) is 8.00. The number of aliphatic hydroxyl groups excluding tert-OH is 1. The SMILES string of the molecule is COc1cc2c(cc1OCc1ccon1)CCN1C[C@@H](CC(C)(C)C)[C@H](O)C[C@H]21. The zero-order valence-corrected chi connectivity index (χ0v) is 17.9. The summed E-state index contributed by atoms with van der Waals surface area (Å²) < 4.78 is 16.4. The van der Waals surface area contributed by atoms with Gasteiger partial charge in [-0.2, -0.15) is 0 Å². The Morgan fingerprint density at radius 1 is 1.28 bits per heavy atom. The van der Waals surface area contributed by atoms with Crippen molar-refractivity contribution in [3.8, 4) is 11.5 Å². The Hall–Kier alpha value is -2.05. The Labute approximate surface area is 172 Å². The lowest BCUT2D eigenvalue weighted by Crippen LogP contribution is -2.48. The van der Waals surface area contributed by atoms with Gasteiger partial charge in [0.25, 0.3) is 0 Å². The fourth-order valence-electron chi connectivity index (χ4n) is 4.82. The standard InChI is InChI=1S/C23H32N2O4/c1-23(2,3)12-16-13-25-7-5-15-9-22(28-14-17-6-8-29-24-17)21(27-4)10-18(15)19(25)11-20(16)26/h6,8-10,16,19-20,26H,5,7,11-14H2,1-4H3/t16-,19-,20-/m1/s1. The lowest BCUT2D eigenvalue weighted by atomic mass is 9.75. The summed E-state index contributed by atoms with van der Waals surface area (Å²) in [6.07, 6.45) is 4.07. The quantitative estimate of drug-likeness (QED) is 0.819. The minimum Gasteiger partial charge on any atom is -0.493 e. The number of benzene rings is 1. The van der Waals surface area contributed by atoms with Gasteiger partial charge in [-0.25, -0.2) is 0 Å². The molecule has 6 heteroatoms. The number of methoxy groups -OCH3 is 1. The summed E-state index contributed by atoms with van der Waals surface area (Å²) in [5, 5.41) is 14.8. The number of ether oxygens (including phenoxy) is 2. The number of hydrogen-bond acceptors (Lipinski definition) is 6. The van der Waals surface area contributed by atoms with Crippen molar-refractivity contribution < 1.29 is 19.1 Å². The average Bonchev–Trinajstić information content (AvgIpc) is 3.19. The normalized spacial score (nSPS) is 24.7. The first-order valence-electron chi connectivity index (χ1n) is 10.5. The van der Waals surface area contributed by atoms with Gasteiger partial charge in [0, 0.05) is 25.2 Å². The van der Waals surface area contributed by atoms with Crippen molar-refractivity contribution in [1.82, 2.24) is 10.1 Å². The van der Waals surface area contributed by atoms with Crippen LogP contribution in [0.25, 0.3) is 0 Å². The number of aromatic nitrogens is 1. The number of aliphatic hydroxyl groups is 1. The highest BCUT2D eigenvalue weighted by Gasteiger charge is 2.39. The molecule has 0 saturated carbocycles. The van der Waals surface area contributed by atoms with Crippen LogP contribution in [-0.2, 0) is 13.0 Å². The van der Waals surface area contributed by atoms with Crippen LogP contribution in [0.15, 0.2) is 29.0 Å². The minimum absolute atomic E-state index is 0.228. The fourth-order valence-corrected chi connectivity index (χ4v) is 4.82. The first-order chi connectivity index (χ1) is 13.8. The summed E-state index contributed by atoms with van der Waals surface area (Å²) in [6, 6.07) is 6.23. The molecule has 0 radical (unpaired) electrons. The molecule has 1 saturated heterocycles. The van der Waals surface area contributed by atoms with Crippen LogP contribution in [0.5, 0.6) is 11.5 Å². The number of nitrogens with zero attached hydrogens (tertiary/aromatic N) is 2. The zero-order valence-electron chi connectivity index (χ0n) is 17.9. The van der Waals surface area contributed by atoms with Crippen LogP contribution in [0.3, 0.4) is 0 Å². The van der Waals surface area contributed by atoms with E-state index in [9.17, 15) is 5.11 Å². The summed E-state index contributed by atoms with van der Waals surface area (Å²) in [7, 11) is 1.67. The highest BCUT2D eigenvalue weighted by atomic mass is 16.5. The Balaban J connectivity index is 1.54. The fraction of sp³-hybridized carbons (Fsp3) is 0.609. The van der Waals surface area contributed by atoms with E-state index < -0.39 is 0 Å². The maximum atomic E-state index is 10.9. The Morgan fingerprint density at radius 3 is 2.79 bits per heavy atom. The van der Waals surface area contributed by atoms with Gasteiger partial charge in [0.05, 0.1) is 13.2 Å². The molecule has 2 aliphatic rings. The van der Waals surface area contributed by atoms with Crippen molar-refractivity contribution in [3.63, 3.8) is 0 Å². The molecule has 1 fully saturated rings. The molecule has 4 rings (SSSR count). The highest BCUT2D eigenvalue weighted by molar-refractivity contribution is 5.49. The predicted molar refractivity (Wildman–Crippen MR) is 110 cm³/mol. The molecule has 1 aromatic heterocycles. The van der Waals surface area contributed by atoms with Gasteiger partial charge >= 0.3 is 0 Å². The second-order valence-corrected chi connectivity index (χ2v) is 9.57. The van der Waals surface area contributed by atoms with E-state index in [4.69, 9.17) is 14.0 Å². The predicted octanol–water partition coefficient (Wildman–Crippen LogP) is 3.98. The highest BCUT2D eigenvalue weighted by Crippen LogP contribution is 2.44. The van der Waals surface area contributed by atoms with Crippen molar-refractivity contribution in [2.24, 2.45) is 11.3 Å². The summed E-state index contributed by atoms with van der Waals surface area (Å²) in [5.74, 6) is 1.78. The van der Waals surface area contributed by atoms with Gasteiger partial charge < -0.3 is 19.1 Å². The molecular formula is C23H32N2O4. The molecule has 29 heavy (non-hydrogen) atoms. The molecule has 1 N–H and O–H groups in total. The van der Waals surface area contributed by atoms with Gasteiger partial charge in [0.15, 0.2) is 11.5 Å². The van der Waals surface area contributed by atoms with Crippen molar-refractivity contribution in [2.75, 3.05) is 20.2 Å². The van der Waals surface area contributed by atoms with Gasteiger partial charge in [0.2, 0.25) is 0 Å². The van der Waals surface area contributed by atoms with E-state index in [0.717, 1.165) is 49.5 Å². The Morgan fingerprint density at radius 2 is 2.10 bits per heavy atom. The molecular weight excluding hydrogens is 368 g/mol. The minimum atomic E-state index is -0.268. The van der Waals surface area contributed by atoms with Crippen molar-refractivity contribution >= 4 is 0 Å². The molecule has 3 atom stereocenters. The van der Waals surface area contributed by atoms with Crippen LogP contribution in [0, 0.1) is 11.3 Å². The molecule has 1 aromatic carbocycles. The maximum Gasteiger partial charge on any atom is 0.162 e. The molecule has 0 bridgehead atoms. The molecule has 6 nitrogen and oxygen atoms in total. The van der Waals surface area contributed by atoms with E-state index in [1.807, 2.05) is 0 Å². The molecule has 0 aliphatic carbocycles. The third-order valence-corrected chi connectivity index (χ3v) is 6.11. The maximum absolute atomic E-state index is 10.9. The molecule has 2 aliphatic heterocycles. The molecule has 158 valence electrons. The van der Waals surface area contributed by atoms with E-state index >= 15 is 0 Å². The van der Waals surface area contributed by atoms with Gasteiger partial charge in [-0.3, -0.25) is 4.90 Å². The van der Waals surface area contributed by atoms with E-state index in [0.29, 0.717) is 12.5 Å². The van der Waals surface area contributed by atoms with Gasteiger partial charge in [-0.05, 0) is 53.9 Å². The van der Waals surface area contributed by atoms with Crippen LogP contribution in [0.4, 0.5) is 0 Å². The summed E-state index contributed by atoms with van der Waals surface area (Å²) >= 11 is 0. The van der Waals surface area contributed by atoms with Crippen molar-refractivity contribution in [2.45, 2.75) is 58.8 Å². The Bertz CT molecular complexity index is 828. The third kappa shape index (κ3) is 4.43. The summed E-state index contributed by atoms with van der Waals surface area (Å²) in [5.41, 5.74) is 3.51. The van der Waals surface area contributed by atoms with Crippen molar-refractivity contribution in [1.29, 1.82) is 0 Å². The smallest absolute Gasteiger partial charge is 0.162 e. The lowest BCUT2D eigenvalue weighted by molar-refractivity contribution is -0.0259. The van der Waals surface area contributed by atoms with Crippen LogP contribution < -0.4 is 9.47 Å². The number of rotatable bonds is 5. The van der Waals surface area contributed by atoms with E-state index in [1.54, 1.807) is 19.4 Å². The first-order valence-corrected chi connectivity index (χ1v) is 10.5. The molecule has 3 heterocycles. The van der Waals surface area contributed by atoms with Crippen LogP contribution in [0.2, 0.25) is 0 Å². The van der Waals surface area contributed by atoms with Gasteiger partial charge in [-0.1, -0.05) is 25.9 Å². The Kier molecular flexibility index (Phi) is 5.58. The first kappa shape index (κ1) is 20.2. The van der Waals surface area contributed by atoms with Crippen molar-refractivity contribution in [3.05, 3.63) is 41.3 Å². The number of fused-ring (bicyclic) bond motifs is 3. The summed E-state index contributed by atoms with van der Waals surface area (Å²) in [4.78, 5) is 2.54. The average molecular weight is 401 g/mol. The zero-order chi connectivity index (χ0) is 20.6. The molecule has 0 spiro atoms. The monoisotopic (exact) mass is 400 g/mol. The van der Waals surface area contributed by atoms with E-state index in [2.05, 4.69) is 43.0 Å². The summed E-state index contributed by atoms with van der Waals surface area (Å²) in [6.45, 7) is 9.07. The lowest BCUT2D eigenvalue weighted by Gasteiger charge is -2.47. The van der Waals surface area contributed by atoms with E-state index in [-0.39, 0.29) is 17.6 Å². The van der Waals surface area contributed by atoms with Crippen LogP contribution in [-0.4, -0.2) is 41.5 Å². The second-order valence-electron chi connectivity index (χ2n) is 9.57.